The molecule has 0 aliphatic rings. The zero-order chi connectivity index (χ0) is 16.7. The third kappa shape index (κ3) is 4.57. The van der Waals surface area contributed by atoms with Crippen LogP contribution in [0.5, 0.6) is 5.75 Å². The van der Waals surface area contributed by atoms with Crippen LogP contribution in [-0.2, 0) is 6.54 Å². The summed E-state index contributed by atoms with van der Waals surface area (Å²) in [4.78, 5) is 14.7. The Morgan fingerprint density at radius 2 is 1.70 bits per heavy atom. The molecule has 2 rings (SSSR count). The van der Waals surface area contributed by atoms with E-state index < -0.39 is 0 Å². The van der Waals surface area contributed by atoms with Gasteiger partial charge in [0.15, 0.2) is 0 Å². The third-order valence-corrected chi connectivity index (χ3v) is 3.87. The highest BCUT2D eigenvalue weighted by molar-refractivity contribution is 6.05. The summed E-state index contributed by atoms with van der Waals surface area (Å²) in [7, 11) is 1.59. The number of ether oxygens (including phenoxy) is 1. The molecule has 0 unspecified atom stereocenters. The van der Waals surface area contributed by atoms with E-state index in [0.717, 1.165) is 19.6 Å². The van der Waals surface area contributed by atoms with E-state index in [-0.39, 0.29) is 5.91 Å². The van der Waals surface area contributed by atoms with Crippen LogP contribution in [-0.4, -0.2) is 31.0 Å². The molecule has 1 amide bonds. The summed E-state index contributed by atoms with van der Waals surface area (Å²) in [6.45, 7) is 7.25. The maximum Gasteiger partial charge on any atom is 0.255 e. The van der Waals surface area contributed by atoms with Crippen molar-refractivity contribution in [1.82, 2.24) is 4.90 Å². The van der Waals surface area contributed by atoms with E-state index in [4.69, 9.17) is 4.74 Å². The fraction of sp³-hybridized carbons (Fsp3) is 0.316. The number of nitrogens with one attached hydrogen (secondary N) is 1. The van der Waals surface area contributed by atoms with Gasteiger partial charge < -0.3 is 10.1 Å². The van der Waals surface area contributed by atoms with Gasteiger partial charge >= 0.3 is 0 Å². The lowest BCUT2D eigenvalue weighted by Gasteiger charge is -2.18. The fourth-order valence-electron chi connectivity index (χ4n) is 2.41. The van der Waals surface area contributed by atoms with Crippen molar-refractivity contribution in [2.75, 3.05) is 25.5 Å². The Morgan fingerprint density at radius 3 is 2.30 bits per heavy atom. The zero-order valence-electron chi connectivity index (χ0n) is 14.0. The minimum absolute atomic E-state index is 0.135. The number of benzene rings is 2. The monoisotopic (exact) mass is 312 g/mol. The van der Waals surface area contributed by atoms with E-state index in [2.05, 4.69) is 24.1 Å². The zero-order valence-corrected chi connectivity index (χ0v) is 14.0. The lowest BCUT2D eigenvalue weighted by molar-refractivity contribution is 0.102. The lowest BCUT2D eigenvalue weighted by Crippen LogP contribution is -2.22. The predicted octanol–water partition coefficient (Wildman–Crippen LogP) is 3.79. The second-order valence-electron chi connectivity index (χ2n) is 5.31. The van der Waals surface area contributed by atoms with Crippen molar-refractivity contribution >= 4 is 11.6 Å². The van der Waals surface area contributed by atoms with Crippen LogP contribution in [0.4, 0.5) is 5.69 Å². The molecular weight excluding hydrogens is 288 g/mol. The number of hydrogen-bond acceptors (Lipinski definition) is 3. The third-order valence-electron chi connectivity index (χ3n) is 3.87. The van der Waals surface area contributed by atoms with E-state index in [1.54, 1.807) is 7.11 Å². The molecule has 0 aromatic heterocycles. The van der Waals surface area contributed by atoms with E-state index >= 15 is 0 Å². The maximum absolute atomic E-state index is 12.4. The first kappa shape index (κ1) is 17.0. The Labute approximate surface area is 138 Å². The maximum atomic E-state index is 12.4. The molecule has 122 valence electrons. The van der Waals surface area contributed by atoms with Crippen LogP contribution in [0.1, 0.15) is 29.8 Å². The standard InChI is InChI=1S/C19H24N2O2/c1-4-21(5-2)14-15-10-12-16(13-11-15)19(22)20-17-8-6-7-9-18(17)23-3/h6-13H,4-5,14H2,1-3H3,(H,20,22). The highest BCUT2D eigenvalue weighted by atomic mass is 16.5. The summed E-state index contributed by atoms with van der Waals surface area (Å²) in [5.41, 5.74) is 2.52. The van der Waals surface area contributed by atoms with Crippen molar-refractivity contribution in [1.29, 1.82) is 0 Å². The van der Waals surface area contributed by atoms with Crippen LogP contribution in [0.2, 0.25) is 0 Å². The normalized spacial score (nSPS) is 10.6. The molecule has 0 aliphatic carbocycles. The van der Waals surface area contributed by atoms with Crippen molar-refractivity contribution in [3.63, 3.8) is 0 Å². The molecule has 0 saturated heterocycles. The van der Waals surface area contributed by atoms with E-state index in [1.165, 1.54) is 5.56 Å². The number of carbonyl (C=O) groups is 1. The number of hydrogen-bond donors (Lipinski definition) is 1. The Balaban J connectivity index is 2.05. The molecule has 2 aromatic rings. The van der Waals surface area contributed by atoms with Gasteiger partial charge in [-0.2, -0.15) is 0 Å². The van der Waals surface area contributed by atoms with Crippen molar-refractivity contribution < 1.29 is 9.53 Å². The minimum atomic E-state index is -0.135. The van der Waals surface area contributed by atoms with Gasteiger partial charge in [-0.1, -0.05) is 38.1 Å². The van der Waals surface area contributed by atoms with Gasteiger partial charge in [-0.3, -0.25) is 9.69 Å². The Kier molecular flexibility index (Phi) is 6.18. The number of carbonyl (C=O) groups excluding carboxylic acids is 1. The molecule has 0 heterocycles. The summed E-state index contributed by atoms with van der Waals surface area (Å²) in [5, 5.41) is 2.89. The molecule has 0 radical (unpaired) electrons. The number of nitrogens with zero attached hydrogens (tertiary/aromatic N) is 1. The smallest absolute Gasteiger partial charge is 0.255 e. The summed E-state index contributed by atoms with van der Waals surface area (Å²) < 4.78 is 5.25. The van der Waals surface area contributed by atoms with Crippen LogP contribution in [0.15, 0.2) is 48.5 Å². The average molecular weight is 312 g/mol. The van der Waals surface area contributed by atoms with Crippen molar-refractivity contribution in [3.05, 3.63) is 59.7 Å². The van der Waals surface area contributed by atoms with Gasteiger partial charge in [0.1, 0.15) is 5.75 Å². The van der Waals surface area contributed by atoms with Crippen LogP contribution in [0.3, 0.4) is 0 Å². The van der Waals surface area contributed by atoms with Crippen LogP contribution in [0.25, 0.3) is 0 Å². The van der Waals surface area contributed by atoms with E-state index in [0.29, 0.717) is 17.0 Å². The second kappa shape index (κ2) is 8.34. The number of anilines is 1. The van der Waals surface area contributed by atoms with Crippen LogP contribution >= 0.6 is 0 Å². The first-order valence-corrected chi connectivity index (χ1v) is 7.93. The van der Waals surface area contributed by atoms with Crippen molar-refractivity contribution in [3.8, 4) is 5.75 Å². The van der Waals surface area contributed by atoms with E-state index in [1.807, 2.05) is 48.5 Å². The number of para-hydroxylation sites is 2. The fourth-order valence-corrected chi connectivity index (χ4v) is 2.41. The summed E-state index contributed by atoms with van der Waals surface area (Å²) in [5.74, 6) is 0.517. The topological polar surface area (TPSA) is 41.6 Å². The number of amides is 1. The molecule has 0 spiro atoms. The first-order chi connectivity index (χ1) is 11.2. The molecule has 1 N–H and O–H groups in total. The van der Waals surface area contributed by atoms with Crippen molar-refractivity contribution in [2.45, 2.75) is 20.4 Å². The molecule has 2 aromatic carbocycles. The van der Waals surface area contributed by atoms with Crippen LogP contribution < -0.4 is 10.1 Å². The van der Waals surface area contributed by atoms with Gasteiger partial charge in [0.2, 0.25) is 0 Å². The Hall–Kier alpha value is -2.33. The lowest BCUT2D eigenvalue weighted by atomic mass is 10.1. The summed E-state index contributed by atoms with van der Waals surface area (Å²) in [6, 6.07) is 15.1. The molecule has 4 nitrogen and oxygen atoms in total. The Morgan fingerprint density at radius 1 is 1.04 bits per heavy atom. The van der Waals surface area contributed by atoms with Gasteiger partial charge in [-0.25, -0.2) is 0 Å². The molecule has 4 heteroatoms. The molecule has 23 heavy (non-hydrogen) atoms. The van der Waals surface area contributed by atoms with Gasteiger partial charge in [-0.05, 0) is 42.9 Å². The van der Waals surface area contributed by atoms with E-state index in [9.17, 15) is 4.79 Å². The molecule has 0 aliphatic heterocycles. The second-order valence-corrected chi connectivity index (χ2v) is 5.31. The molecular formula is C19H24N2O2. The predicted molar refractivity (Wildman–Crippen MR) is 94.0 cm³/mol. The van der Waals surface area contributed by atoms with Gasteiger partial charge in [0.25, 0.3) is 5.91 Å². The van der Waals surface area contributed by atoms with Crippen LogP contribution in [0, 0.1) is 0 Å². The van der Waals surface area contributed by atoms with Crippen molar-refractivity contribution in [2.24, 2.45) is 0 Å². The highest BCUT2D eigenvalue weighted by Gasteiger charge is 2.09. The van der Waals surface area contributed by atoms with Gasteiger partial charge in [0, 0.05) is 12.1 Å². The summed E-state index contributed by atoms with van der Waals surface area (Å²) in [6.07, 6.45) is 0. The largest absolute Gasteiger partial charge is 0.495 e. The SMILES string of the molecule is CCN(CC)Cc1ccc(C(=O)Nc2ccccc2OC)cc1. The Bertz CT molecular complexity index is 634. The molecule has 0 bridgehead atoms. The molecule has 0 atom stereocenters. The average Bonchev–Trinajstić information content (AvgIpc) is 2.60. The molecule has 0 fully saturated rings. The number of rotatable bonds is 7. The van der Waals surface area contributed by atoms with Gasteiger partial charge in [0.05, 0.1) is 12.8 Å². The quantitative estimate of drug-likeness (QED) is 0.846. The first-order valence-electron chi connectivity index (χ1n) is 7.93. The highest BCUT2D eigenvalue weighted by Crippen LogP contribution is 2.23. The number of methoxy groups -OCH3 is 1. The molecule has 0 saturated carbocycles. The minimum Gasteiger partial charge on any atom is -0.495 e. The summed E-state index contributed by atoms with van der Waals surface area (Å²) >= 11 is 0. The van der Waals surface area contributed by atoms with Gasteiger partial charge in [-0.15, -0.1) is 0 Å².